The number of nitrogens with one attached hydrogen (secondary N) is 1. The van der Waals surface area contributed by atoms with Crippen LogP contribution in [-0.2, 0) is 0 Å². The van der Waals surface area contributed by atoms with Crippen molar-refractivity contribution in [1.82, 2.24) is 25.1 Å². The van der Waals surface area contributed by atoms with Crippen LogP contribution in [-0.4, -0.2) is 64.4 Å². The van der Waals surface area contributed by atoms with Crippen molar-refractivity contribution in [2.24, 2.45) is 0 Å². The number of para-hydroxylation sites is 1. The molecule has 9 heteroatoms. The number of H-pyrrole nitrogens is 1. The van der Waals surface area contributed by atoms with Gasteiger partial charge in [-0.05, 0) is 18.2 Å². The number of hydrogen-bond acceptors (Lipinski definition) is 7. The lowest BCUT2D eigenvalue weighted by Crippen LogP contribution is -2.31. The second-order valence-electron chi connectivity index (χ2n) is 6.52. The number of ether oxygens (including phenoxy) is 3. The van der Waals surface area contributed by atoms with E-state index < -0.39 is 0 Å². The molecule has 3 heterocycles. The van der Waals surface area contributed by atoms with Crippen molar-refractivity contribution < 1.29 is 19.0 Å². The third-order valence-electron chi connectivity index (χ3n) is 4.73. The zero-order chi connectivity index (χ0) is 20.2. The molecule has 4 rings (SSSR count). The monoisotopic (exact) mass is 395 g/mol. The van der Waals surface area contributed by atoms with Crippen LogP contribution in [0.3, 0.4) is 0 Å². The Kier molecular flexibility index (Phi) is 5.28. The molecule has 1 fully saturated rings. The zero-order valence-electron chi connectivity index (χ0n) is 16.2. The third-order valence-corrected chi connectivity index (χ3v) is 4.73. The highest BCUT2D eigenvalue weighted by Gasteiger charge is 2.30. The Hall–Kier alpha value is -3.62. The highest BCUT2D eigenvalue weighted by Crippen LogP contribution is 2.29. The van der Waals surface area contributed by atoms with Gasteiger partial charge in [0.1, 0.15) is 17.5 Å². The van der Waals surface area contributed by atoms with Gasteiger partial charge in [-0.1, -0.05) is 12.1 Å². The third kappa shape index (κ3) is 3.84. The van der Waals surface area contributed by atoms with Gasteiger partial charge in [-0.15, -0.1) is 0 Å². The van der Waals surface area contributed by atoms with Crippen molar-refractivity contribution in [3.05, 3.63) is 48.4 Å². The topological polar surface area (TPSA) is 102 Å². The predicted molar refractivity (Wildman–Crippen MR) is 104 cm³/mol. The summed E-state index contributed by atoms with van der Waals surface area (Å²) >= 11 is 0. The van der Waals surface area contributed by atoms with Gasteiger partial charge in [0, 0.05) is 30.9 Å². The van der Waals surface area contributed by atoms with Crippen molar-refractivity contribution in [2.75, 3.05) is 27.3 Å². The standard InChI is InChI=1S/C20H21N5O4/c1-27-17-6-4-3-5-14(17)15-11-16(24-23-15)20(26)25-10-7-13(12-25)29-19-18(28-2)21-8-9-22-19/h3-6,8-9,11,13H,7,10,12H2,1-2H3,(H,23,24). The fourth-order valence-corrected chi connectivity index (χ4v) is 3.30. The van der Waals surface area contributed by atoms with Gasteiger partial charge in [-0.2, -0.15) is 5.10 Å². The number of benzene rings is 1. The summed E-state index contributed by atoms with van der Waals surface area (Å²) in [5, 5.41) is 7.11. The van der Waals surface area contributed by atoms with E-state index >= 15 is 0 Å². The molecule has 0 aliphatic carbocycles. The molecule has 1 amide bonds. The summed E-state index contributed by atoms with van der Waals surface area (Å²) in [6, 6.07) is 9.28. The summed E-state index contributed by atoms with van der Waals surface area (Å²) in [5.41, 5.74) is 1.90. The Morgan fingerprint density at radius 1 is 1.14 bits per heavy atom. The van der Waals surface area contributed by atoms with Gasteiger partial charge in [0.2, 0.25) is 0 Å². The summed E-state index contributed by atoms with van der Waals surface area (Å²) in [6.07, 6.45) is 3.59. The molecule has 1 unspecified atom stereocenters. The van der Waals surface area contributed by atoms with E-state index in [1.165, 1.54) is 13.3 Å². The molecule has 1 saturated heterocycles. The predicted octanol–water partition coefficient (Wildman–Crippen LogP) is 2.18. The fraction of sp³-hybridized carbons (Fsp3) is 0.300. The summed E-state index contributed by atoms with van der Waals surface area (Å²) in [6.45, 7) is 1.02. The maximum Gasteiger partial charge on any atom is 0.278 e. The Morgan fingerprint density at radius 3 is 2.72 bits per heavy atom. The first-order valence-corrected chi connectivity index (χ1v) is 9.19. The number of hydrogen-bond donors (Lipinski definition) is 1. The molecule has 1 N–H and O–H groups in total. The first-order valence-electron chi connectivity index (χ1n) is 9.19. The number of nitrogens with zero attached hydrogens (tertiary/aromatic N) is 4. The van der Waals surface area contributed by atoms with E-state index in [0.29, 0.717) is 48.4 Å². The Balaban J connectivity index is 1.44. The molecule has 9 nitrogen and oxygen atoms in total. The average Bonchev–Trinajstić information content (AvgIpc) is 3.44. The van der Waals surface area contributed by atoms with Gasteiger partial charge in [0.05, 0.1) is 26.5 Å². The number of aromatic nitrogens is 4. The number of rotatable bonds is 6. The van der Waals surface area contributed by atoms with Gasteiger partial charge in [0.15, 0.2) is 0 Å². The van der Waals surface area contributed by atoms with Crippen molar-refractivity contribution in [1.29, 1.82) is 0 Å². The number of carbonyl (C=O) groups is 1. The quantitative estimate of drug-likeness (QED) is 0.682. The molecule has 1 aliphatic heterocycles. The second-order valence-corrected chi connectivity index (χ2v) is 6.52. The maximum absolute atomic E-state index is 12.9. The van der Waals surface area contributed by atoms with E-state index in [1.54, 1.807) is 24.3 Å². The summed E-state index contributed by atoms with van der Waals surface area (Å²) in [5.74, 6) is 1.23. The van der Waals surface area contributed by atoms with Crippen LogP contribution in [0.1, 0.15) is 16.9 Å². The molecular weight excluding hydrogens is 374 g/mol. The van der Waals surface area contributed by atoms with Gasteiger partial charge in [-0.3, -0.25) is 9.89 Å². The molecule has 1 aliphatic rings. The minimum atomic E-state index is -0.179. The van der Waals surface area contributed by atoms with Crippen LogP contribution in [0.2, 0.25) is 0 Å². The molecule has 0 bridgehead atoms. The summed E-state index contributed by atoms with van der Waals surface area (Å²) in [7, 11) is 3.12. The van der Waals surface area contributed by atoms with Crippen LogP contribution in [0, 0.1) is 0 Å². The van der Waals surface area contributed by atoms with Crippen LogP contribution in [0.25, 0.3) is 11.3 Å². The fourth-order valence-electron chi connectivity index (χ4n) is 3.30. The van der Waals surface area contributed by atoms with Crippen LogP contribution in [0.15, 0.2) is 42.7 Å². The Morgan fingerprint density at radius 2 is 1.93 bits per heavy atom. The Bertz CT molecular complexity index is 1010. The van der Waals surface area contributed by atoms with E-state index in [-0.39, 0.29) is 12.0 Å². The van der Waals surface area contributed by atoms with Gasteiger partial charge in [-0.25, -0.2) is 9.97 Å². The second kappa shape index (κ2) is 8.17. The highest BCUT2D eigenvalue weighted by atomic mass is 16.5. The van der Waals surface area contributed by atoms with Crippen LogP contribution in [0.5, 0.6) is 17.5 Å². The highest BCUT2D eigenvalue weighted by molar-refractivity contribution is 5.93. The lowest BCUT2D eigenvalue weighted by atomic mass is 10.1. The molecule has 2 aromatic heterocycles. The van der Waals surface area contributed by atoms with E-state index in [2.05, 4.69) is 20.2 Å². The van der Waals surface area contributed by atoms with E-state index in [0.717, 1.165) is 5.56 Å². The van der Waals surface area contributed by atoms with Gasteiger partial charge in [0.25, 0.3) is 17.7 Å². The van der Waals surface area contributed by atoms with Gasteiger partial charge < -0.3 is 19.1 Å². The zero-order valence-corrected chi connectivity index (χ0v) is 16.2. The molecule has 0 radical (unpaired) electrons. The van der Waals surface area contributed by atoms with Crippen LogP contribution in [0.4, 0.5) is 0 Å². The minimum absolute atomic E-state index is 0.129. The maximum atomic E-state index is 12.9. The summed E-state index contributed by atoms with van der Waals surface area (Å²) < 4.78 is 16.4. The van der Waals surface area contributed by atoms with Crippen molar-refractivity contribution >= 4 is 5.91 Å². The molecule has 1 atom stereocenters. The van der Waals surface area contributed by atoms with E-state index in [4.69, 9.17) is 14.2 Å². The number of carbonyl (C=O) groups excluding carboxylic acids is 1. The molecule has 0 spiro atoms. The lowest BCUT2D eigenvalue weighted by molar-refractivity contribution is 0.0764. The lowest BCUT2D eigenvalue weighted by Gasteiger charge is -2.16. The molecule has 150 valence electrons. The molecule has 0 saturated carbocycles. The SMILES string of the molecule is COc1ccccc1-c1cc(C(=O)N2CCC(Oc3nccnc3OC)C2)[nH]n1. The Labute approximate surface area is 167 Å². The minimum Gasteiger partial charge on any atom is -0.496 e. The molecular formula is C20H21N5O4. The average molecular weight is 395 g/mol. The number of amides is 1. The number of aromatic amines is 1. The van der Waals surface area contributed by atoms with Gasteiger partial charge >= 0.3 is 0 Å². The number of methoxy groups -OCH3 is 2. The van der Waals surface area contributed by atoms with E-state index in [1.807, 2.05) is 24.3 Å². The smallest absolute Gasteiger partial charge is 0.278 e. The molecule has 29 heavy (non-hydrogen) atoms. The van der Waals surface area contributed by atoms with Crippen LogP contribution < -0.4 is 14.2 Å². The normalized spacial score (nSPS) is 15.9. The molecule has 3 aromatic rings. The summed E-state index contributed by atoms with van der Waals surface area (Å²) in [4.78, 5) is 22.8. The largest absolute Gasteiger partial charge is 0.496 e. The first-order chi connectivity index (χ1) is 14.2. The molecule has 1 aromatic carbocycles. The van der Waals surface area contributed by atoms with Crippen molar-refractivity contribution in [3.63, 3.8) is 0 Å². The van der Waals surface area contributed by atoms with Crippen molar-refractivity contribution in [3.8, 4) is 28.8 Å². The number of likely N-dealkylation sites (tertiary alicyclic amines) is 1. The van der Waals surface area contributed by atoms with E-state index in [9.17, 15) is 4.79 Å². The van der Waals surface area contributed by atoms with Crippen molar-refractivity contribution in [2.45, 2.75) is 12.5 Å². The first kappa shape index (κ1) is 18.7. The van der Waals surface area contributed by atoms with Crippen LogP contribution >= 0.6 is 0 Å².